The molecule has 1 amide bonds. The minimum Gasteiger partial charge on any atom is -0.477 e. The van der Waals surface area contributed by atoms with Crippen LogP contribution >= 0.6 is 0 Å². The molecule has 2 aromatic heterocycles. The fourth-order valence-corrected chi connectivity index (χ4v) is 2.15. The van der Waals surface area contributed by atoms with Gasteiger partial charge < -0.3 is 15.0 Å². The zero-order valence-electron chi connectivity index (χ0n) is 12.6. The summed E-state index contributed by atoms with van der Waals surface area (Å²) in [6.45, 7) is 1.94. The van der Waals surface area contributed by atoms with Crippen molar-refractivity contribution in [2.45, 2.75) is 25.8 Å². The van der Waals surface area contributed by atoms with Gasteiger partial charge in [-0.1, -0.05) is 0 Å². The van der Waals surface area contributed by atoms with Crippen LogP contribution in [0.15, 0.2) is 36.7 Å². The van der Waals surface area contributed by atoms with Gasteiger partial charge in [0.2, 0.25) is 0 Å². The Morgan fingerprint density at radius 3 is 2.68 bits per heavy atom. The number of carboxylic acid groups (broad SMARTS) is 1. The summed E-state index contributed by atoms with van der Waals surface area (Å²) in [4.78, 5) is 26.5. The fourth-order valence-electron chi connectivity index (χ4n) is 2.15. The molecule has 2 N–H and O–H groups in total. The van der Waals surface area contributed by atoms with Crippen LogP contribution in [0.4, 0.5) is 0 Å². The van der Waals surface area contributed by atoms with Crippen LogP contribution in [0.5, 0.6) is 0 Å². The maximum atomic E-state index is 12.1. The molecule has 0 aliphatic carbocycles. The molecule has 0 spiro atoms. The second-order valence-corrected chi connectivity index (χ2v) is 5.26. The Labute approximate surface area is 128 Å². The zero-order chi connectivity index (χ0) is 16.1. The number of nitrogens with one attached hydrogen (secondary N) is 1. The van der Waals surface area contributed by atoms with E-state index in [2.05, 4.69) is 20.9 Å². The highest BCUT2D eigenvalue weighted by atomic mass is 16.4. The predicted octanol–water partition coefficient (Wildman–Crippen LogP) is 1.87. The lowest BCUT2D eigenvalue weighted by atomic mass is 10.1. The number of hydrogen-bond acceptors (Lipinski definition) is 3. The lowest BCUT2D eigenvalue weighted by Crippen LogP contribution is -2.33. The molecule has 116 valence electrons. The molecule has 2 aromatic rings. The van der Waals surface area contributed by atoms with Crippen molar-refractivity contribution in [3.63, 3.8) is 0 Å². The highest BCUT2D eigenvalue weighted by molar-refractivity contribution is 5.95. The van der Waals surface area contributed by atoms with E-state index in [0.29, 0.717) is 5.56 Å². The van der Waals surface area contributed by atoms with Crippen LogP contribution < -0.4 is 5.32 Å². The maximum absolute atomic E-state index is 12.1. The first-order chi connectivity index (χ1) is 10.5. The van der Waals surface area contributed by atoms with Crippen molar-refractivity contribution >= 4 is 11.9 Å². The van der Waals surface area contributed by atoms with E-state index < -0.39 is 5.97 Å². The SMILES string of the molecule is C[C@@H](CCc1cccn1C)NC(=O)c1ccc(C(=O)O)nc1. The molecule has 0 saturated carbocycles. The summed E-state index contributed by atoms with van der Waals surface area (Å²) in [6, 6.07) is 6.86. The summed E-state index contributed by atoms with van der Waals surface area (Å²) in [5.41, 5.74) is 1.50. The van der Waals surface area contributed by atoms with Crippen LogP contribution in [0.1, 0.15) is 39.9 Å². The largest absolute Gasteiger partial charge is 0.477 e. The summed E-state index contributed by atoms with van der Waals surface area (Å²) in [6.07, 6.45) is 4.97. The molecule has 0 bridgehead atoms. The van der Waals surface area contributed by atoms with Crippen LogP contribution in [0.25, 0.3) is 0 Å². The van der Waals surface area contributed by atoms with E-state index in [0.717, 1.165) is 12.8 Å². The van der Waals surface area contributed by atoms with Gasteiger partial charge in [-0.2, -0.15) is 0 Å². The van der Waals surface area contributed by atoms with Gasteiger partial charge in [-0.3, -0.25) is 4.79 Å². The molecule has 0 radical (unpaired) electrons. The Morgan fingerprint density at radius 2 is 2.14 bits per heavy atom. The number of carbonyl (C=O) groups is 2. The third kappa shape index (κ3) is 3.94. The molecular weight excluding hydrogens is 282 g/mol. The van der Waals surface area contributed by atoms with Gasteiger partial charge in [0.15, 0.2) is 0 Å². The standard InChI is InChI=1S/C16H19N3O3/c1-11(5-7-13-4-3-9-19(13)2)18-15(20)12-6-8-14(16(21)22)17-10-12/h3-4,6,8-11H,5,7H2,1-2H3,(H,18,20)(H,21,22)/t11-/m0/s1. The first-order valence-corrected chi connectivity index (χ1v) is 7.08. The first-order valence-electron chi connectivity index (χ1n) is 7.08. The van der Waals surface area contributed by atoms with Crippen molar-refractivity contribution in [3.8, 4) is 0 Å². The molecule has 1 atom stereocenters. The van der Waals surface area contributed by atoms with Crippen molar-refractivity contribution in [1.82, 2.24) is 14.9 Å². The summed E-state index contributed by atoms with van der Waals surface area (Å²) >= 11 is 0. The van der Waals surface area contributed by atoms with Crippen LogP contribution in [0.2, 0.25) is 0 Å². The molecular formula is C16H19N3O3. The molecule has 0 unspecified atom stereocenters. The Hall–Kier alpha value is -2.63. The van der Waals surface area contributed by atoms with E-state index in [4.69, 9.17) is 5.11 Å². The van der Waals surface area contributed by atoms with Crippen molar-refractivity contribution in [1.29, 1.82) is 0 Å². The van der Waals surface area contributed by atoms with Gasteiger partial charge in [-0.25, -0.2) is 9.78 Å². The lowest BCUT2D eigenvalue weighted by molar-refractivity contribution is 0.0689. The second-order valence-electron chi connectivity index (χ2n) is 5.26. The smallest absolute Gasteiger partial charge is 0.354 e. The number of hydrogen-bond donors (Lipinski definition) is 2. The highest BCUT2D eigenvalue weighted by Gasteiger charge is 2.12. The van der Waals surface area contributed by atoms with E-state index in [-0.39, 0.29) is 17.6 Å². The molecule has 0 saturated heterocycles. The van der Waals surface area contributed by atoms with Gasteiger partial charge >= 0.3 is 5.97 Å². The minimum atomic E-state index is -1.11. The average molecular weight is 301 g/mol. The maximum Gasteiger partial charge on any atom is 0.354 e. The summed E-state index contributed by atoms with van der Waals surface area (Å²) in [7, 11) is 1.99. The highest BCUT2D eigenvalue weighted by Crippen LogP contribution is 2.07. The van der Waals surface area contributed by atoms with Crippen molar-refractivity contribution in [3.05, 3.63) is 53.6 Å². The number of aromatic nitrogens is 2. The predicted molar refractivity (Wildman–Crippen MR) is 81.9 cm³/mol. The molecule has 2 heterocycles. The normalized spacial score (nSPS) is 11.9. The van der Waals surface area contributed by atoms with Gasteiger partial charge in [-0.15, -0.1) is 0 Å². The number of carboxylic acids is 1. The fraction of sp³-hybridized carbons (Fsp3) is 0.312. The number of rotatable bonds is 6. The molecule has 22 heavy (non-hydrogen) atoms. The zero-order valence-corrected chi connectivity index (χ0v) is 12.6. The third-order valence-corrected chi connectivity index (χ3v) is 3.51. The van der Waals surface area contributed by atoms with Crippen molar-refractivity contribution in [2.24, 2.45) is 7.05 Å². The van der Waals surface area contributed by atoms with Gasteiger partial charge in [0, 0.05) is 31.2 Å². The number of aromatic carboxylic acids is 1. The molecule has 2 rings (SSSR count). The Bertz CT molecular complexity index is 662. The van der Waals surface area contributed by atoms with Crippen LogP contribution in [0.3, 0.4) is 0 Å². The lowest BCUT2D eigenvalue weighted by Gasteiger charge is -2.14. The summed E-state index contributed by atoms with van der Waals surface area (Å²) in [5, 5.41) is 11.7. The second kappa shape index (κ2) is 6.89. The topological polar surface area (TPSA) is 84.2 Å². The van der Waals surface area contributed by atoms with E-state index in [1.807, 2.05) is 26.2 Å². The number of amides is 1. The van der Waals surface area contributed by atoms with E-state index in [9.17, 15) is 9.59 Å². The quantitative estimate of drug-likeness (QED) is 0.853. The monoisotopic (exact) mass is 301 g/mol. The van der Waals surface area contributed by atoms with Crippen LogP contribution in [-0.2, 0) is 13.5 Å². The first kappa shape index (κ1) is 15.8. The molecule has 0 aliphatic heterocycles. The van der Waals surface area contributed by atoms with Gasteiger partial charge in [-0.05, 0) is 44.0 Å². The van der Waals surface area contributed by atoms with Crippen LogP contribution in [-0.4, -0.2) is 32.6 Å². The van der Waals surface area contributed by atoms with Gasteiger partial charge in [0.1, 0.15) is 5.69 Å². The Kier molecular flexibility index (Phi) is 4.93. The number of carbonyl (C=O) groups excluding carboxylic acids is 1. The van der Waals surface area contributed by atoms with E-state index in [1.165, 1.54) is 24.0 Å². The Morgan fingerprint density at radius 1 is 1.36 bits per heavy atom. The van der Waals surface area contributed by atoms with Crippen LogP contribution in [0, 0.1) is 0 Å². The Balaban J connectivity index is 1.88. The van der Waals surface area contributed by atoms with Gasteiger partial charge in [0.05, 0.1) is 5.56 Å². The summed E-state index contributed by atoms with van der Waals surface area (Å²) < 4.78 is 2.06. The van der Waals surface area contributed by atoms with Crippen molar-refractivity contribution in [2.75, 3.05) is 0 Å². The van der Waals surface area contributed by atoms with Gasteiger partial charge in [0.25, 0.3) is 5.91 Å². The third-order valence-electron chi connectivity index (χ3n) is 3.51. The molecule has 0 aliphatic rings. The number of aryl methyl sites for hydroxylation is 2. The molecule has 6 heteroatoms. The number of pyridine rings is 1. The molecule has 0 fully saturated rings. The summed E-state index contributed by atoms with van der Waals surface area (Å²) in [5.74, 6) is -1.35. The molecule has 6 nitrogen and oxygen atoms in total. The number of nitrogens with zero attached hydrogens (tertiary/aromatic N) is 2. The van der Waals surface area contributed by atoms with E-state index >= 15 is 0 Å². The van der Waals surface area contributed by atoms with Crippen molar-refractivity contribution < 1.29 is 14.7 Å². The minimum absolute atomic E-state index is 0.0153. The molecule has 0 aromatic carbocycles. The van der Waals surface area contributed by atoms with E-state index in [1.54, 1.807) is 0 Å². The average Bonchev–Trinajstić information content (AvgIpc) is 2.90.